The first kappa shape index (κ1) is 10.6. The summed E-state index contributed by atoms with van der Waals surface area (Å²) >= 11 is 0. The van der Waals surface area contributed by atoms with Crippen LogP contribution in [-0.4, -0.2) is 16.2 Å². The summed E-state index contributed by atoms with van der Waals surface area (Å²) in [4.78, 5) is 10.9. The molecule has 0 aliphatic carbocycles. The van der Waals surface area contributed by atoms with Gasteiger partial charge in [0.05, 0.1) is 5.56 Å². The van der Waals surface area contributed by atoms with Crippen LogP contribution in [0.5, 0.6) is 5.75 Å². The van der Waals surface area contributed by atoms with Crippen molar-refractivity contribution in [1.82, 2.24) is 0 Å². The van der Waals surface area contributed by atoms with E-state index in [1.165, 1.54) is 6.07 Å². The molecule has 0 amide bonds. The summed E-state index contributed by atoms with van der Waals surface area (Å²) in [5, 5.41) is 22.3. The molecular formula is C15H10O3. The van der Waals surface area contributed by atoms with Crippen LogP contribution in [0.3, 0.4) is 0 Å². The van der Waals surface area contributed by atoms with Crippen molar-refractivity contribution in [3.05, 3.63) is 54.1 Å². The molecule has 0 spiro atoms. The molecule has 0 saturated carbocycles. The maximum Gasteiger partial charge on any atom is 0.335 e. The second kappa shape index (κ2) is 3.74. The average Bonchev–Trinajstić information content (AvgIpc) is 2.36. The lowest BCUT2D eigenvalue weighted by Crippen LogP contribution is -1.95. The highest BCUT2D eigenvalue weighted by molar-refractivity contribution is 6.04. The van der Waals surface area contributed by atoms with Crippen molar-refractivity contribution in [2.45, 2.75) is 0 Å². The monoisotopic (exact) mass is 238 g/mol. The molecule has 0 radical (unpaired) electrons. The summed E-state index contributed by atoms with van der Waals surface area (Å²) in [5.74, 6) is -1.05. The highest BCUT2D eigenvalue weighted by Crippen LogP contribution is 2.30. The van der Waals surface area contributed by atoms with Gasteiger partial charge in [-0.25, -0.2) is 4.79 Å². The van der Waals surface area contributed by atoms with Crippen molar-refractivity contribution >= 4 is 27.5 Å². The molecule has 0 heterocycles. The fraction of sp³-hybridized carbons (Fsp3) is 0. The van der Waals surface area contributed by atoms with Gasteiger partial charge >= 0.3 is 5.97 Å². The Balaban J connectivity index is 2.42. The second-order valence-electron chi connectivity index (χ2n) is 4.22. The van der Waals surface area contributed by atoms with E-state index < -0.39 is 5.97 Å². The van der Waals surface area contributed by atoms with Crippen molar-refractivity contribution in [3.63, 3.8) is 0 Å². The third kappa shape index (κ3) is 1.57. The Morgan fingerprint density at radius 3 is 2.22 bits per heavy atom. The Morgan fingerprint density at radius 2 is 1.56 bits per heavy atom. The van der Waals surface area contributed by atoms with Crippen LogP contribution in [-0.2, 0) is 0 Å². The van der Waals surface area contributed by atoms with E-state index in [0.29, 0.717) is 5.39 Å². The number of carbonyl (C=O) groups is 1. The summed E-state index contributed by atoms with van der Waals surface area (Å²) in [6.45, 7) is 0. The minimum atomic E-state index is -1.04. The maximum atomic E-state index is 10.9. The predicted octanol–water partition coefficient (Wildman–Crippen LogP) is 3.40. The SMILES string of the molecule is O=C(O)c1cc(O)c2cc3ccccc3cc2c1. The van der Waals surface area contributed by atoms with Crippen LogP contribution in [0.25, 0.3) is 21.5 Å². The van der Waals surface area contributed by atoms with Gasteiger partial charge in [-0.2, -0.15) is 0 Å². The predicted molar refractivity (Wildman–Crippen MR) is 70.1 cm³/mol. The number of hydrogen-bond acceptors (Lipinski definition) is 2. The van der Waals surface area contributed by atoms with Crippen LogP contribution in [0, 0.1) is 0 Å². The number of hydrogen-bond donors (Lipinski definition) is 2. The lowest BCUT2D eigenvalue weighted by Gasteiger charge is -2.06. The molecule has 0 fully saturated rings. The van der Waals surface area contributed by atoms with Crippen molar-refractivity contribution < 1.29 is 15.0 Å². The first-order valence-electron chi connectivity index (χ1n) is 5.54. The fourth-order valence-electron chi connectivity index (χ4n) is 2.16. The fourth-order valence-corrected chi connectivity index (χ4v) is 2.16. The van der Waals surface area contributed by atoms with Gasteiger partial charge < -0.3 is 10.2 Å². The van der Waals surface area contributed by atoms with Crippen LogP contribution in [0.15, 0.2) is 48.5 Å². The molecule has 0 saturated heterocycles. The lowest BCUT2D eigenvalue weighted by atomic mass is 10.0. The highest BCUT2D eigenvalue weighted by atomic mass is 16.4. The molecule has 3 nitrogen and oxygen atoms in total. The number of carboxylic acids is 1. The van der Waals surface area contributed by atoms with E-state index in [9.17, 15) is 9.90 Å². The van der Waals surface area contributed by atoms with Gasteiger partial charge in [0.15, 0.2) is 0 Å². The van der Waals surface area contributed by atoms with E-state index >= 15 is 0 Å². The summed E-state index contributed by atoms with van der Waals surface area (Å²) in [6, 6.07) is 14.4. The normalized spacial score (nSPS) is 10.9. The Morgan fingerprint density at radius 1 is 0.889 bits per heavy atom. The number of phenolic OH excluding ortho intramolecular Hbond substituents is 1. The van der Waals surface area contributed by atoms with Gasteiger partial charge in [0, 0.05) is 5.39 Å². The molecule has 0 bridgehead atoms. The Bertz CT molecular complexity index is 775. The molecule has 3 aromatic carbocycles. The van der Waals surface area contributed by atoms with Gasteiger partial charge in [0.25, 0.3) is 0 Å². The number of carboxylic acid groups (broad SMARTS) is 1. The molecule has 2 N–H and O–H groups in total. The summed E-state index contributed by atoms with van der Waals surface area (Å²) in [5.41, 5.74) is 0.0929. The molecule has 88 valence electrons. The zero-order chi connectivity index (χ0) is 12.7. The van der Waals surface area contributed by atoms with Crippen LogP contribution < -0.4 is 0 Å². The third-order valence-electron chi connectivity index (χ3n) is 3.04. The summed E-state index contributed by atoms with van der Waals surface area (Å²) in [7, 11) is 0. The van der Waals surface area contributed by atoms with Gasteiger partial charge in [-0.3, -0.25) is 0 Å². The first-order valence-corrected chi connectivity index (χ1v) is 5.54. The number of phenols is 1. The Kier molecular flexibility index (Phi) is 2.20. The van der Waals surface area contributed by atoms with E-state index in [1.54, 1.807) is 6.07 Å². The van der Waals surface area contributed by atoms with Crippen molar-refractivity contribution in [2.75, 3.05) is 0 Å². The van der Waals surface area contributed by atoms with E-state index in [-0.39, 0.29) is 11.3 Å². The largest absolute Gasteiger partial charge is 0.507 e. The molecule has 0 aromatic heterocycles. The van der Waals surface area contributed by atoms with Crippen LogP contribution >= 0.6 is 0 Å². The summed E-state index contributed by atoms with van der Waals surface area (Å²) in [6.07, 6.45) is 0. The number of fused-ring (bicyclic) bond motifs is 2. The molecule has 0 aliphatic heterocycles. The minimum Gasteiger partial charge on any atom is -0.507 e. The van der Waals surface area contributed by atoms with Crippen LogP contribution in [0.4, 0.5) is 0 Å². The molecule has 3 heteroatoms. The zero-order valence-electron chi connectivity index (χ0n) is 9.42. The topological polar surface area (TPSA) is 57.5 Å². The smallest absolute Gasteiger partial charge is 0.335 e. The van der Waals surface area contributed by atoms with Gasteiger partial charge in [-0.05, 0) is 40.4 Å². The highest BCUT2D eigenvalue weighted by Gasteiger charge is 2.09. The average molecular weight is 238 g/mol. The molecular weight excluding hydrogens is 228 g/mol. The van der Waals surface area contributed by atoms with Crippen LogP contribution in [0.2, 0.25) is 0 Å². The van der Waals surface area contributed by atoms with E-state index in [1.807, 2.05) is 36.4 Å². The number of aromatic carboxylic acids is 1. The standard InChI is InChI=1S/C15H10O3/c16-14-8-12(15(17)18)6-11-5-9-3-1-2-4-10(9)7-13(11)14/h1-8,16H,(H,17,18). The lowest BCUT2D eigenvalue weighted by molar-refractivity contribution is 0.0696. The number of benzene rings is 3. The van der Waals surface area contributed by atoms with E-state index in [4.69, 9.17) is 5.11 Å². The van der Waals surface area contributed by atoms with E-state index in [2.05, 4.69) is 0 Å². The second-order valence-corrected chi connectivity index (χ2v) is 4.22. The van der Waals surface area contributed by atoms with Crippen molar-refractivity contribution in [1.29, 1.82) is 0 Å². The minimum absolute atomic E-state index is 0.00402. The molecule has 0 atom stereocenters. The maximum absolute atomic E-state index is 10.9. The third-order valence-corrected chi connectivity index (χ3v) is 3.04. The molecule has 0 unspecified atom stereocenters. The number of rotatable bonds is 1. The van der Waals surface area contributed by atoms with Crippen molar-refractivity contribution in [3.8, 4) is 5.75 Å². The quantitative estimate of drug-likeness (QED) is 0.639. The zero-order valence-corrected chi connectivity index (χ0v) is 9.42. The molecule has 0 aliphatic rings. The Labute approximate surface area is 103 Å². The van der Waals surface area contributed by atoms with Crippen LogP contribution in [0.1, 0.15) is 10.4 Å². The van der Waals surface area contributed by atoms with Gasteiger partial charge in [0.2, 0.25) is 0 Å². The first-order chi connectivity index (χ1) is 8.65. The van der Waals surface area contributed by atoms with Gasteiger partial charge in [0.1, 0.15) is 5.75 Å². The molecule has 3 aromatic rings. The van der Waals surface area contributed by atoms with Gasteiger partial charge in [-0.15, -0.1) is 0 Å². The Hall–Kier alpha value is -2.55. The van der Waals surface area contributed by atoms with Gasteiger partial charge in [-0.1, -0.05) is 24.3 Å². The van der Waals surface area contributed by atoms with E-state index in [0.717, 1.165) is 16.2 Å². The molecule has 18 heavy (non-hydrogen) atoms. The summed E-state index contributed by atoms with van der Waals surface area (Å²) < 4.78 is 0. The van der Waals surface area contributed by atoms with Crippen molar-refractivity contribution in [2.24, 2.45) is 0 Å². The number of aromatic hydroxyl groups is 1. The molecule has 3 rings (SSSR count).